The average Bonchev–Trinajstić information content (AvgIpc) is 3.60. The number of carbonyl (C=O) groups is 1. The van der Waals surface area contributed by atoms with Crippen LogP contribution in [0.15, 0.2) is 67.5 Å². The Morgan fingerprint density at radius 1 is 1.24 bits per heavy atom. The number of aliphatic imine (C=N–C) groups is 1. The quantitative estimate of drug-likeness (QED) is 0.363. The van der Waals surface area contributed by atoms with Gasteiger partial charge in [-0.25, -0.2) is 8.42 Å². The number of hydrogen-bond acceptors (Lipinski definition) is 8. The van der Waals surface area contributed by atoms with Crippen LogP contribution in [-0.2, 0) is 19.6 Å². The molecule has 3 aliphatic rings. The molecule has 10 nitrogen and oxygen atoms in total. The summed E-state index contributed by atoms with van der Waals surface area (Å²) in [6.07, 6.45) is 10.6. The number of likely N-dealkylation sites (N-methyl/N-ethyl adjacent to an activating group) is 1. The lowest BCUT2D eigenvalue weighted by atomic mass is 9.98. The molecule has 3 heterocycles. The Morgan fingerprint density at radius 3 is 2.51 bits per heavy atom. The molecule has 1 amide bonds. The van der Waals surface area contributed by atoms with Gasteiger partial charge in [-0.1, -0.05) is 49.2 Å². The van der Waals surface area contributed by atoms with E-state index in [1.54, 1.807) is 25.8 Å². The van der Waals surface area contributed by atoms with E-state index < -0.39 is 15.6 Å². The summed E-state index contributed by atoms with van der Waals surface area (Å²) in [5.74, 6) is 1.96. The van der Waals surface area contributed by atoms with Crippen LogP contribution in [0, 0.1) is 13.8 Å². The maximum Gasteiger partial charge on any atom is 0.265 e. The summed E-state index contributed by atoms with van der Waals surface area (Å²) in [6.45, 7) is 13.9. The Labute approximate surface area is 243 Å². The molecule has 11 heteroatoms. The fourth-order valence-corrected chi connectivity index (χ4v) is 6.88. The minimum Gasteiger partial charge on any atom is -0.495 e. The van der Waals surface area contributed by atoms with Gasteiger partial charge in [-0.15, -0.1) is 0 Å². The van der Waals surface area contributed by atoms with Gasteiger partial charge in [0.25, 0.3) is 15.9 Å². The molecule has 0 bridgehead atoms. The summed E-state index contributed by atoms with van der Waals surface area (Å²) in [5, 5.41) is 3.86. The molecule has 0 unspecified atom stereocenters. The number of sulfonamides is 1. The van der Waals surface area contributed by atoms with Crippen LogP contribution in [0.2, 0.25) is 0 Å². The number of ether oxygens (including phenoxy) is 1. The lowest BCUT2D eigenvalue weighted by molar-refractivity contribution is -0.130. The van der Waals surface area contributed by atoms with Crippen molar-refractivity contribution in [2.45, 2.75) is 78.7 Å². The zero-order valence-corrected chi connectivity index (χ0v) is 25.9. The third-order valence-electron chi connectivity index (χ3n) is 8.02. The van der Waals surface area contributed by atoms with Gasteiger partial charge < -0.3 is 14.2 Å². The zero-order valence-electron chi connectivity index (χ0n) is 25.1. The number of carbonyl (C=O) groups excluding carboxylic acids is 1. The van der Waals surface area contributed by atoms with Gasteiger partial charge in [0.15, 0.2) is 5.82 Å². The predicted octanol–water partition coefficient (Wildman–Crippen LogP) is 5.48. The minimum atomic E-state index is -4.09. The van der Waals surface area contributed by atoms with Crippen LogP contribution in [-0.4, -0.2) is 61.4 Å². The first-order valence-corrected chi connectivity index (χ1v) is 15.5. The van der Waals surface area contributed by atoms with Crippen molar-refractivity contribution in [2.75, 3.05) is 25.4 Å². The topological polar surface area (TPSA) is 117 Å². The van der Waals surface area contributed by atoms with Crippen LogP contribution in [0.25, 0.3) is 0 Å². The molecule has 1 aromatic heterocycles. The summed E-state index contributed by atoms with van der Waals surface area (Å²) in [6, 6.07) is 0. The van der Waals surface area contributed by atoms with Crippen molar-refractivity contribution in [1.29, 1.82) is 0 Å². The summed E-state index contributed by atoms with van der Waals surface area (Å²) in [7, 11) is -0.875. The predicted molar refractivity (Wildman–Crippen MR) is 160 cm³/mol. The van der Waals surface area contributed by atoms with Gasteiger partial charge in [-0.3, -0.25) is 19.4 Å². The molecule has 222 valence electrons. The van der Waals surface area contributed by atoms with E-state index in [4.69, 9.17) is 14.3 Å². The molecule has 4 rings (SSSR count). The smallest absolute Gasteiger partial charge is 0.265 e. The number of methoxy groups -OCH3 is 1. The number of amidine groups is 1. The highest BCUT2D eigenvalue weighted by Gasteiger charge is 2.49. The first kappa shape index (κ1) is 30.4. The van der Waals surface area contributed by atoms with Gasteiger partial charge in [0, 0.05) is 31.7 Å². The van der Waals surface area contributed by atoms with Crippen molar-refractivity contribution in [1.82, 2.24) is 15.0 Å². The van der Waals surface area contributed by atoms with E-state index in [9.17, 15) is 13.2 Å². The average molecular weight is 584 g/mol. The molecule has 0 atom stereocenters. The number of amides is 1. The van der Waals surface area contributed by atoms with E-state index in [1.807, 2.05) is 30.9 Å². The lowest BCUT2D eigenvalue weighted by Gasteiger charge is -2.31. The lowest BCUT2D eigenvalue weighted by Crippen LogP contribution is -2.41. The molecule has 1 aromatic rings. The number of nitrogens with one attached hydrogen (secondary N) is 1. The number of aryl methyl sites for hydroxylation is 1. The fourth-order valence-electron chi connectivity index (χ4n) is 5.51. The highest BCUT2D eigenvalue weighted by atomic mass is 32.2. The van der Waals surface area contributed by atoms with Crippen molar-refractivity contribution in [2.24, 2.45) is 4.99 Å². The molecule has 1 N–H and O–H groups in total. The van der Waals surface area contributed by atoms with Gasteiger partial charge in [-0.05, 0) is 52.5 Å². The van der Waals surface area contributed by atoms with Crippen molar-refractivity contribution in [3.05, 3.63) is 69.3 Å². The molecule has 0 saturated heterocycles. The first-order valence-electron chi connectivity index (χ1n) is 14.0. The Balaban J connectivity index is 1.67. The molecule has 0 radical (unpaired) electrons. The summed E-state index contributed by atoms with van der Waals surface area (Å²) in [5.41, 5.74) is 2.64. The van der Waals surface area contributed by atoms with E-state index in [-0.39, 0.29) is 16.6 Å². The minimum absolute atomic E-state index is 0.0133. The van der Waals surface area contributed by atoms with E-state index in [0.717, 1.165) is 49.9 Å². The summed E-state index contributed by atoms with van der Waals surface area (Å²) >= 11 is 0. The van der Waals surface area contributed by atoms with Crippen molar-refractivity contribution in [3.63, 3.8) is 0 Å². The highest BCUT2D eigenvalue weighted by molar-refractivity contribution is 7.96. The van der Waals surface area contributed by atoms with Gasteiger partial charge in [0.1, 0.15) is 27.8 Å². The molecule has 41 heavy (non-hydrogen) atoms. The molecule has 1 spiro atoms. The van der Waals surface area contributed by atoms with Crippen LogP contribution < -0.4 is 4.72 Å². The zero-order chi connectivity index (χ0) is 30.1. The summed E-state index contributed by atoms with van der Waals surface area (Å²) in [4.78, 5) is 21.9. The third-order valence-corrected chi connectivity index (χ3v) is 9.37. The van der Waals surface area contributed by atoms with E-state index in [2.05, 4.69) is 23.4 Å². The monoisotopic (exact) mass is 583 g/mol. The largest absolute Gasteiger partial charge is 0.495 e. The van der Waals surface area contributed by atoms with Crippen LogP contribution >= 0.6 is 0 Å². The van der Waals surface area contributed by atoms with E-state index in [0.29, 0.717) is 40.6 Å². The number of aromatic nitrogens is 1. The van der Waals surface area contributed by atoms with Crippen molar-refractivity contribution >= 4 is 27.6 Å². The van der Waals surface area contributed by atoms with Crippen LogP contribution in [0.4, 0.5) is 5.82 Å². The highest BCUT2D eigenvalue weighted by Crippen LogP contribution is 2.40. The number of nitrogens with zero attached hydrogens (tertiary/aromatic N) is 4. The Hall–Kier alpha value is -3.60. The first-order chi connectivity index (χ1) is 19.3. The van der Waals surface area contributed by atoms with Crippen LogP contribution in [0.5, 0.6) is 0 Å². The maximum absolute atomic E-state index is 13.7. The van der Waals surface area contributed by atoms with E-state index >= 15 is 0 Å². The van der Waals surface area contributed by atoms with Gasteiger partial charge in [0.05, 0.1) is 18.5 Å². The second-order valence-electron chi connectivity index (χ2n) is 11.0. The normalized spacial score (nSPS) is 19.9. The molecule has 0 aromatic carbocycles. The second kappa shape index (κ2) is 11.7. The molecule has 2 aliphatic heterocycles. The third kappa shape index (κ3) is 5.77. The number of hydrogen-bond donors (Lipinski definition) is 1. The molecule has 1 saturated carbocycles. The Bertz CT molecular complexity index is 1500. The number of allylic oxidation sites excluding steroid dienone is 4. The summed E-state index contributed by atoms with van der Waals surface area (Å²) < 4.78 is 40.5. The Kier molecular flexibility index (Phi) is 8.67. The van der Waals surface area contributed by atoms with Crippen LogP contribution in [0.1, 0.15) is 70.6 Å². The SMILES string of the molecule is C=C1C(OC)=CC(S(=O)(=O)Nc2noc(C)c2C)=C(/C(C)=C/C=C(\C)CN2C(=O)C3(CCCC3)N=C2CCC)N1C. The molecular formula is C30H41N5O5S. The van der Waals surface area contributed by atoms with Crippen molar-refractivity contribution in [3.8, 4) is 0 Å². The van der Waals surface area contributed by atoms with Gasteiger partial charge in [-0.2, -0.15) is 0 Å². The number of anilines is 1. The maximum atomic E-state index is 13.7. The van der Waals surface area contributed by atoms with E-state index in [1.165, 1.54) is 13.2 Å². The Morgan fingerprint density at radius 2 is 1.93 bits per heavy atom. The van der Waals surface area contributed by atoms with Gasteiger partial charge >= 0.3 is 0 Å². The fraction of sp³-hybridized carbons (Fsp3) is 0.500. The molecular weight excluding hydrogens is 542 g/mol. The van der Waals surface area contributed by atoms with Crippen LogP contribution in [0.3, 0.4) is 0 Å². The molecule has 1 aliphatic carbocycles. The second-order valence-corrected chi connectivity index (χ2v) is 12.7. The van der Waals surface area contributed by atoms with Gasteiger partial charge in [0.2, 0.25) is 0 Å². The standard InChI is InChI=1S/C30H41N5O5S/c1-9-12-26-31-30(15-10-11-16-30)29(36)35(26)18-19(2)13-14-20(3)27-25(17-24(39-8)22(5)34(27)7)41(37,38)33-28-21(4)23(6)40-32-28/h13-14,17H,5,9-12,15-16,18H2,1-4,6-8H3,(H,32,33)/b19-13+,20-14+. The molecule has 1 fully saturated rings. The van der Waals surface area contributed by atoms with Crippen molar-refractivity contribution < 1.29 is 22.5 Å². The number of rotatable bonds is 10.